The first-order valence-electron chi connectivity index (χ1n) is 3.56. The summed E-state index contributed by atoms with van der Waals surface area (Å²) < 4.78 is 0. The highest BCUT2D eigenvalue weighted by molar-refractivity contribution is 5.79. The fourth-order valence-electron chi connectivity index (χ4n) is 0.719. The molecule has 13 heavy (non-hydrogen) atoms. The lowest BCUT2D eigenvalue weighted by molar-refractivity contribution is -0.119. The number of hydrogen-bond donors (Lipinski definition) is 1. The monoisotopic (exact) mass is 183 g/mol. The highest BCUT2D eigenvalue weighted by Gasteiger charge is 2.11. The zero-order valence-corrected chi connectivity index (χ0v) is 6.87. The van der Waals surface area contributed by atoms with E-state index < -0.39 is 11.9 Å². The minimum Gasteiger partial charge on any atom is -0.369 e. The number of nitrogens with zero attached hydrogens (tertiary/aromatic N) is 6. The SMILES string of the molecule is [N-]=[N+]=NCCCC(N=[N+]=[N-])C(N)=O. The van der Waals surface area contributed by atoms with E-state index in [1.165, 1.54) is 0 Å². The summed E-state index contributed by atoms with van der Waals surface area (Å²) in [6.07, 6.45) is 0.773. The third kappa shape index (κ3) is 5.37. The molecule has 0 saturated carbocycles. The second kappa shape index (κ2) is 6.78. The highest BCUT2D eigenvalue weighted by atomic mass is 16.1. The smallest absolute Gasteiger partial charge is 0.226 e. The predicted octanol–water partition coefficient (Wildman–Crippen LogP) is 1.24. The van der Waals surface area contributed by atoms with Gasteiger partial charge in [-0.1, -0.05) is 10.2 Å². The summed E-state index contributed by atoms with van der Waals surface area (Å²) in [5, 5.41) is 6.45. The summed E-state index contributed by atoms with van der Waals surface area (Å²) in [6, 6.07) is -0.848. The summed E-state index contributed by atoms with van der Waals surface area (Å²) >= 11 is 0. The molecule has 0 saturated heterocycles. The van der Waals surface area contributed by atoms with Crippen molar-refractivity contribution < 1.29 is 4.79 Å². The van der Waals surface area contributed by atoms with E-state index in [1.54, 1.807) is 0 Å². The van der Waals surface area contributed by atoms with Crippen molar-refractivity contribution in [3.63, 3.8) is 0 Å². The standard InChI is InChI=1S/C5H9N7O/c6-5(13)4(10-12-8)2-1-3-9-11-7/h4H,1-3H2,(H2,6,13). The van der Waals surface area contributed by atoms with E-state index in [1.807, 2.05) is 0 Å². The van der Waals surface area contributed by atoms with Crippen LogP contribution in [0.3, 0.4) is 0 Å². The molecular formula is C5H9N7O. The van der Waals surface area contributed by atoms with E-state index >= 15 is 0 Å². The van der Waals surface area contributed by atoms with Crippen molar-refractivity contribution in [1.82, 2.24) is 0 Å². The first-order chi connectivity index (χ1) is 6.22. The van der Waals surface area contributed by atoms with Gasteiger partial charge in [0.15, 0.2) is 0 Å². The summed E-state index contributed by atoms with van der Waals surface area (Å²) in [5.74, 6) is -0.668. The van der Waals surface area contributed by atoms with Crippen molar-refractivity contribution in [2.45, 2.75) is 18.9 Å². The van der Waals surface area contributed by atoms with Crippen LogP contribution in [0.15, 0.2) is 10.2 Å². The maximum Gasteiger partial charge on any atom is 0.226 e. The minimum atomic E-state index is -0.848. The Morgan fingerprint density at radius 3 is 2.62 bits per heavy atom. The molecule has 2 N–H and O–H groups in total. The molecule has 0 radical (unpaired) electrons. The second-order valence-electron chi connectivity index (χ2n) is 2.22. The largest absolute Gasteiger partial charge is 0.369 e. The van der Waals surface area contributed by atoms with Crippen LogP contribution in [0.1, 0.15) is 12.8 Å². The van der Waals surface area contributed by atoms with Gasteiger partial charge in [-0.25, -0.2) is 0 Å². The Morgan fingerprint density at radius 2 is 2.15 bits per heavy atom. The van der Waals surface area contributed by atoms with Gasteiger partial charge < -0.3 is 5.73 Å². The van der Waals surface area contributed by atoms with Crippen molar-refractivity contribution in [1.29, 1.82) is 0 Å². The van der Waals surface area contributed by atoms with E-state index in [0.29, 0.717) is 12.8 Å². The number of amides is 1. The Bertz CT molecular complexity index is 260. The van der Waals surface area contributed by atoms with Crippen molar-refractivity contribution in [2.75, 3.05) is 6.54 Å². The molecule has 0 rings (SSSR count). The molecule has 8 nitrogen and oxygen atoms in total. The Balaban J connectivity index is 3.89. The molecule has 1 unspecified atom stereocenters. The first-order valence-corrected chi connectivity index (χ1v) is 3.56. The zero-order chi connectivity index (χ0) is 10.1. The zero-order valence-electron chi connectivity index (χ0n) is 6.87. The van der Waals surface area contributed by atoms with Gasteiger partial charge in [-0.15, -0.1) is 0 Å². The van der Waals surface area contributed by atoms with Gasteiger partial charge in [0.2, 0.25) is 5.91 Å². The molecule has 1 atom stereocenters. The van der Waals surface area contributed by atoms with Crippen LogP contribution in [-0.4, -0.2) is 18.5 Å². The Hall–Kier alpha value is -1.91. The number of carbonyl (C=O) groups excluding carboxylic acids is 1. The molecule has 0 aliphatic heterocycles. The summed E-state index contributed by atoms with van der Waals surface area (Å²) in [6.45, 7) is 0.265. The molecule has 0 bridgehead atoms. The van der Waals surface area contributed by atoms with Crippen LogP contribution >= 0.6 is 0 Å². The number of primary amides is 1. The first kappa shape index (κ1) is 11.1. The van der Waals surface area contributed by atoms with Gasteiger partial charge in [0.25, 0.3) is 0 Å². The van der Waals surface area contributed by atoms with Crippen LogP contribution in [0.25, 0.3) is 20.9 Å². The third-order valence-electron chi connectivity index (χ3n) is 1.32. The van der Waals surface area contributed by atoms with Gasteiger partial charge in [0.05, 0.1) is 0 Å². The Kier molecular flexibility index (Phi) is 5.78. The molecule has 70 valence electrons. The average molecular weight is 183 g/mol. The van der Waals surface area contributed by atoms with Crippen LogP contribution in [-0.2, 0) is 4.79 Å². The van der Waals surface area contributed by atoms with E-state index in [9.17, 15) is 4.79 Å². The minimum absolute atomic E-state index is 0.265. The van der Waals surface area contributed by atoms with Crippen LogP contribution < -0.4 is 5.73 Å². The topological polar surface area (TPSA) is 141 Å². The Morgan fingerprint density at radius 1 is 1.46 bits per heavy atom. The summed E-state index contributed by atoms with van der Waals surface area (Å²) in [4.78, 5) is 15.6. The van der Waals surface area contributed by atoms with E-state index in [4.69, 9.17) is 16.8 Å². The molecule has 0 aromatic carbocycles. The molecule has 0 spiro atoms. The number of nitrogens with two attached hydrogens (primary N) is 1. The number of azide groups is 2. The van der Waals surface area contributed by atoms with E-state index in [0.717, 1.165) is 0 Å². The molecule has 0 fully saturated rings. The van der Waals surface area contributed by atoms with Crippen molar-refractivity contribution >= 4 is 5.91 Å². The van der Waals surface area contributed by atoms with Gasteiger partial charge in [0, 0.05) is 16.4 Å². The van der Waals surface area contributed by atoms with Gasteiger partial charge in [-0.05, 0) is 23.9 Å². The van der Waals surface area contributed by atoms with Crippen molar-refractivity contribution in [3.05, 3.63) is 20.9 Å². The van der Waals surface area contributed by atoms with Crippen molar-refractivity contribution in [3.8, 4) is 0 Å². The average Bonchev–Trinajstić information content (AvgIpc) is 2.10. The molecule has 0 heterocycles. The molecule has 0 aliphatic carbocycles. The number of hydrogen-bond acceptors (Lipinski definition) is 3. The predicted molar refractivity (Wildman–Crippen MR) is 45.4 cm³/mol. The fraction of sp³-hybridized carbons (Fsp3) is 0.800. The molecule has 0 aliphatic rings. The van der Waals surface area contributed by atoms with Gasteiger partial charge in [-0.3, -0.25) is 4.79 Å². The van der Waals surface area contributed by atoms with Crippen LogP contribution in [0.4, 0.5) is 0 Å². The molecule has 0 aromatic heterocycles. The van der Waals surface area contributed by atoms with Gasteiger partial charge in [0.1, 0.15) is 6.04 Å². The maximum atomic E-state index is 10.6. The van der Waals surface area contributed by atoms with Gasteiger partial charge in [-0.2, -0.15) is 0 Å². The van der Waals surface area contributed by atoms with E-state index in [-0.39, 0.29) is 6.54 Å². The van der Waals surface area contributed by atoms with Crippen LogP contribution in [0.5, 0.6) is 0 Å². The number of carbonyl (C=O) groups is 1. The second-order valence-corrected chi connectivity index (χ2v) is 2.22. The van der Waals surface area contributed by atoms with Gasteiger partial charge >= 0.3 is 0 Å². The summed E-state index contributed by atoms with van der Waals surface area (Å²) in [7, 11) is 0. The van der Waals surface area contributed by atoms with Crippen LogP contribution in [0.2, 0.25) is 0 Å². The lowest BCUT2D eigenvalue weighted by atomic mass is 10.1. The number of rotatable bonds is 6. The lowest BCUT2D eigenvalue weighted by Crippen LogP contribution is -2.26. The molecule has 8 heteroatoms. The third-order valence-corrected chi connectivity index (χ3v) is 1.32. The maximum absolute atomic E-state index is 10.6. The highest BCUT2D eigenvalue weighted by Crippen LogP contribution is 2.02. The molecular weight excluding hydrogens is 174 g/mol. The quantitative estimate of drug-likeness (QED) is 0.281. The lowest BCUT2D eigenvalue weighted by Gasteiger charge is -2.03. The molecule has 0 aromatic rings. The van der Waals surface area contributed by atoms with Crippen molar-refractivity contribution in [2.24, 2.45) is 16.0 Å². The molecule has 1 amide bonds. The van der Waals surface area contributed by atoms with Crippen LogP contribution in [0, 0.1) is 0 Å². The van der Waals surface area contributed by atoms with E-state index in [2.05, 4.69) is 20.1 Å². The summed E-state index contributed by atoms with van der Waals surface area (Å²) in [5.41, 5.74) is 20.9. The normalized spacial score (nSPS) is 10.8. The fourth-order valence-corrected chi connectivity index (χ4v) is 0.719. The Labute approximate surface area is 74.0 Å².